The number of sulfonamides is 1. The van der Waals surface area contributed by atoms with E-state index < -0.39 is 10.0 Å². The van der Waals surface area contributed by atoms with Gasteiger partial charge >= 0.3 is 0 Å². The molecule has 1 aliphatic carbocycles. The molecule has 1 saturated carbocycles. The van der Waals surface area contributed by atoms with Crippen molar-refractivity contribution in [1.29, 1.82) is 0 Å². The summed E-state index contributed by atoms with van der Waals surface area (Å²) in [7, 11) is -1.87. The molecule has 0 atom stereocenters. The van der Waals surface area contributed by atoms with Gasteiger partial charge in [-0.05, 0) is 10.8 Å². The average Bonchev–Trinajstić information content (AvgIpc) is 2.72. The van der Waals surface area contributed by atoms with Crippen LogP contribution >= 0.6 is 0 Å². The Morgan fingerprint density at radius 1 is 1.32 bits per heavy atom. The highest BCUT2D eigenvalue weighted by atomic mass is 32.2. The van der Waals surface area contributed by atoms with E-state index in [1.165, 1.54) is 17.1 Å². The number of nitrogens with two attached hydrogens (primary N) is 1. The molecule has 2 rings (SSSR count). The molecular formula is C12H22N4O2S. The van der Waals surface area contributed by atoms with Crippen molar-refractivity contribution in [1.82, 2.24) is 14.5 Å². The van der Waals surface area contributed by atoms with Crippen LogP contribution in [0.1, 0.15) is 27.7 Å². The van der Waals surface area contributed by atoms with E-state index in [0.29, 0.717) is 0 Å². The van der Waals surface area contributed by atoms with Crippen LogP contribution in [0.3, 0.4) is 0 Å². The minimum atomic E-state index is -3.55. The summed E-state index contributed by atoms with van der Waals surface area (Å²) in [5.41, 5.74) is 5.60. The summed E-state index contributed by atoms with van der Waals surface area (Å²) in [6, 6.07) is -0.234. The fraction of sp³-hybridized carbons (Fsp3) is 0.750. The fourth-order valence-electron chi connectivity index (χ4n) is 3.24. The molecule has 0 radical (unpaired) electrons. The molecule has 0 amide bonds. The third-order valence-electron chi connectivity index (χ3n) is 4.36. The molecule has 0 unspecified atom stereocenters. The zero-order chi connectivity index (χ0) is 14.6. The number of aromatic nitrogens is 2. The summed E-state index contributed by atoms with van der Waals surface area (Å²) in [5, 5.41) is 3.89. The highest BCUT2D eigenvalue weighted by Crippen LogP contribution is 2.52. The Hall–Kier alpha value is -0.920. The second-order valence-corrected chi connectivity index (χ2v) is 8.24. The van der Waals surface area contributed by atoms with Crippen molar-refractivity contribution in [3.05, 3.63) is 12.4 Å². The zero-order valence-electron chi connectivity index (χ0n) is 12.0. The summed E-state index contributed by atoms with van der Waals surface area (Å²) >= 11 is 0. The molecular weight excluding hydrogens is 264 g/mol. The molecule has 1 aliphatic rings. The molecule has 1 fully saturated rings. The average molecular weight is 286 g/mol. The third-order valence-corrected chi connectivity index (χ3v) is 5.73. The van der Waals surface area contributed by atoms with Crippen molar-refractivity contribution in [3.8, 4) is 0 Å². The third kappa shape index (κ3) is 2.09. The monoisotopic (exact) mass is 286 g/mol. The Labute approximate surface area is 114 Å². The molecule has 1 heterocycles. The van der Waals surface area contributed by atoms with Gasteiger partial charge in [0.1, 0.15) is 4.90 Å². The van der Waals surface area contributed by atoms with Crippen LogP contribution in [0.15, 0.2) is 17.3 Å². The number of aryl methyl sites for hydroxylation is 1. The van der Waals surface area contributed by atoms with Gasteiger partial charge in [0.15, 0.2) is 0 Å². The molecule has 108 valence electrons. The molecule has 1 aromatic rings. The predicted molar refractivity (Wildman–Crippen MR) is 72.9 cm³/mol. The smallest absolute Gasteiger partial charge is 0.243 e. The molecule has 0 aromatic carbocycles. The number of rotatable bonds is 3. The number of hydrogen-bond acceptors (Lipinski definition) is 4. The van der Waals surface area contributed by atoms with E-state index in [-0.39, 0.29) is 27.8 Å². The number of nitrogens with one attached hydrogen (secondary N) is 1. The summed E-state index contributed by atoms with van der Waals surface area (Å²) in [6.07, 6.45) is 2.84. The Morgan fingerprint density at radius 2 is 1.84 bits per heavy atom. The standard InChI is InChI=1S/C12H22N4O2S/c1-11(2)9(13)12(3,4)10(11)15-19(17,18)8-6-14-16(5)7-8/h6-7,9-10,15H,13H2,1-5H3. The van der Waals surface area contributed by atoms with Gasteiger partial charge in [0.25, 0.3) is 0 Å². The van der Waals surface area contributed by atoms with Crippen molar-refractivity contribution in [2.24, 2.45) is 23.6 Å². The molecule has 3 N–H and O–H groups in total. The fourth-order valence-corrected chi connectivity index (χ4v) is 4.78. The quantitative estimate of drug-likeness (QED) is 0.844. The molecule has 0 aliphatic heterocycles. The highest BCUT2D eigenvalue weighted by molar-refractivity contribution is 7.89. The first-order valence-electron chi connectivity index (χ1n) is 6.26. The Balaban J connectivity index is 2.27. The Bertz CT molecular complexity index is 573. The minimum Gasteiger partial charge on any atom is -0.327 e. The lowest BCUT2D eigenvalue weighted by Gasteiger charge is -2.62. The van der Waals surface area contributed by atoms with E-state index >= 15 is 0 Å². The first-order valence-corrected chi connectivity index (χ1v) is 7.74. The van der Waals surface area contributed by atoms with E-state index in [4.69, 9.17) is 5.73 Å². The van der Waals surface area contributed by atoms with Crippen LogP contribution in [-0.2, 0) is 17.1 Å². The summed E-state index contributed by atoms with van der Waals surface area (Å²) in [6.45, 7) is 7.94. The van der Waals surface area contributed by atoms with Crippen molar-refractivity contribution < 1.29 is 8.42 Å². The molecule has 1 aromatic heterocycles. The van der Waals surface area contributed by atoms with Gasteiger partial charge in [-0.15, -0.1) is 0 Å². The van der Waals surface area contributed by atoms with Gasteiger partial charge in [-0.1, -0.05) is 27.7 Å². The zero-order valence-corrected chi connectivity index (χ0v) is 12.8. The summed E-state index contributed by atoms with van der Waals surface area (Å²) < 4.78 is 28.9. The summed E-state index contributed by atoms with van der Waals surface area (Å²) in [4.78, 5) is 0.182. The van der Waals surface area contributed by atoms with Gasteiger partial charge in [0.2, 0.25) is 10.0 Å². The first kappa shape index (κ1) is 14.5. The van der Waals surface area contributed by atoms with Crippen LogP contribution in [0.4, 0.5) is 0 Å². The second-order valence-electron chi connectivity index (χ2n) is 6.52. The molecule has 6 nitrogen and oxygen atoms in total. The maximum absolute atomic E-state index is 12.3. The van der Waals surface area contributed by atoms with Crippen molar-refractivity contribution in [2.75, 3.05) is 0 Å². The Morgan fingerprint density at radius 3 is 2.26 bits per heavy atom. The van der Waals surface area contributed by atoms with Crippen LogP contribution in [0.2, 0.25) is 0 Å². The van der Waals surface area contributed by atoms with Gasteiger partial charge in [0, 0.05) is 25.3 Å². The van der Waals surface area contributed by atoms with Gasteiger partial charge < -0.3 is 5.73 Å². The van der Waals surface area contributed by atoms with Gasteiger partial charge in [-0.25, -0.2) is 13.1 Å². The minimum absolute atomic E-state index is 0.0402. The van der Waals surface area contributed by atoms with E-state index in [1.807, 2.05) is 27.7 Å². The van der Waals surface area contributed by atoms with Crippen LogP contribution in [0.25, 0.3) is 0 Å². The maximum Gasteiger partial charge on any atom is 0.243 e. The number of hydrogen-bond donors (Lipinski definition) is 2. The van der Waals surface area contributed by atoms with Crippen LogP contribution in [0, 0.1) is 10.8 Å². The van der Waals surface area contributed by atoms with E-state index in [0.717, 1.165) is 0 Å². The lowest BCUT2D eigenvalue weighted by Crippen LogP contribution is -2.75. The van der Waals surface area contributed by atoms with Gasteiger partial charge in [0.05, 0.1) is 6.20 Å². The van der Waals surface area contributed by atoms with Crippen LogP contribution in [0.5, 0.6) is 0 Å². The van der Waals surface area contributed by atoms with Crippen molar-refractivity contribution in [3.63, 3.8) is 0 Å². The van der Waals surface area contributed by atoms with Crippen LogP contribution in [-0.4, -0.2) is 30.3 Å². The second kappa shape index (κ2) is 4.04. The first-order chi connectivity index (χ1) is 8.49. The highest BCUT2D eigenvalue weighted by Gasteiger charge is 2.61. The number of nitrogens with zero attached hydrogens (tertiary/aromatic N) is 2. The van der Waals surface area contributed by atoms with Gasteiger partial charge in [-0.3, -0.25) is 4.68 Å². The largest absolute Gasteiger partial charge is 0.327 e. The van der Waals surface area contributed by atoms with Crippen molar-refractivity contribution in [2.45, 2.75) is 44.7 Å². The molecule has 7 heteroatoms. The summed E-state index contributed by atoms with van der Waals surface area (Å²) in [5.74, 6) is 0. The molecule has 19 heavy (non-hydrogen) atoms. The predicted octanol–water partition coefficient (Wildman–Crippen LogP) is 0.460. The van der Waals surface area contributed by atoms with E-state index in [1.54, 1.807) is 7.05 Å². The molecule has 0 saturated heterocycles. The van der Waals surface area contributed by atoms with E-state index in [9.17, 15) is 8.42 Å². The van der Waals surface area contributed by atoms with Crippen LogP contribution < -0.4 is 10.5 Å². The van der Waals surface area contributed by atoms with E-state index in [2.05, 4.69) is 9.82 Å². The topological polar surface area (TPSA) is 90.0 Å². The lowest BCUT2D eigenvalue weighted by molar-refractivity contribution is -0.0593. The van der Waals surface area contributed by atoms with Crippen molar-refractivity contribution >= 4 is 10.0 Å². The SMILES string of the molecule is Cn1cc(S(=O)(=O)NC2C(C)(C)C(N)C2(C)C)cn1. The van der Waals surface area contributed by atoms with Gasteiger partial charge in [-0.2, -0.15) is 5.10 Å². The molecule has 0 spiro atoms. The molecule has 0 bridgehead atoms. The lowest BCUT2D eigenvalue weighted by atomic mass is 9.49. The normalized spacial score (nSPS) is 28.9. The Kier molecular flexibility index (Phi) is 3.08. The maximum atomic E-state index is 12.3.